The average molecular weight is 1050 g/mol. The van der Waals surface area contributed by atoms with E-state index >= 15 is 0 Å². The van der Waals surface area contributed by atoms with Gasteiger partial charge in [0.1, 0.15) is 13.2 Å². The Balaban J connectivity index is 4.24. The fourth-order valence-corrected chi connectivity index (χ4v) is 9.80. The van der Waals surface area contributed by atoms with Crippen LogP contribution in [-0.2, 0) is 28.6 Å². The Bertz CT molecular complexity index is 1300. The maximum absolute atomic E-state index is 12.9. The van der Waals surface area contributed by atoms with Crippen molar-refractivity contribution in [2.45, 2.75) is 361 Å². The molecule has 0 aromatic heterocycles. The van der Waals surface area contributed by atoms with Gasteiger partial charge in [0.05, 0.1) is 0 Å². The van der Waals surface area contributed by atoms with Crippen molar-refractivity contribution in [3.05, 3.63) is 48.6 Å². The molecular weight excluding hydrogens is 925 g/mol. The first-order valence-electron chi connectivity index (χ1n) is 33.1. The number of carbonyl (C=O) groups excluding carboxylic acids is 3. The molecule has 0 aromatic carbocycles. The number of unbranched alkanes of at least 4 members (excludes halogenated alkanes) is 42. The second kappa shape index (κ2) is 63.9. The summed E-state index contributed by atoms with van der Waals surface area (Å²) >= 11 is 0. The molecule has 0 radical (unpaired) electrons. The SMILES string of the molecule is CCCCCCC/C=C\C/C=C\C/C=C\CCCCCCCCCCCCCCC(=O)OCC(COC(=O)CCCCCCCCCCCCCC)OC(=O)CCCCCCCCC/C=C\CCCCCCCCC. The van der Waals surface area contributed by atoms with E-state index in [2.05, 4.69) is 69.4 Å². The predicted octanol–water partition coefficient (Wildman–Crippen LogP) is 22.6. The van der Waals surface area contributed by atoms with Crippen LogP contribution < -0.4 is 0 Å². The van der Waals surface area contributed by atoms with Gasteiger partial charge < -0.3 is 14.2 Å². The fraction of sp³-hybridized carbons (Fsp3) is 0.841. The molecular formula is C69H126O6. The van der Waals surface area contributed by atoms with Gasteiger partial charge in [-0.25, -0.2) is 0 Å². The second-order valence-corrected chi connectivity index (χ2v) is 22.4. The van der Waals surface area contributed by atoms with Gasteiger partial charge in [-0.05, 0) is 83.5 Å². The fourth-order valence-electron chi connectivity index (χ4n) is 9.80. The topological polar surface area (TPSA) is 78.9 Å². The monoisotopic (exact) mass is 1050 g/mol. The van der Waals surface area contributed by atoms with Crippen LogP contribution in [0.2, 0.25) is 0 Å². The van der Waals surface area contributed by atoms with Crippen LogP contribution in [0, 0.1) is 0 Å². The number of rotatable bonds is 61. The van der Waals surface area contributed by atoms with E-state index in [1.807, 2.05) is 0 Å². The van der Waals surface area contributed by atoms with Crippen LogP contribution in [0.5, 0.6) is 0 Å². The average Bonchev–Trinajstić information content (AvgIpc) is 3.41. The maximum atomic E-state index is 12.9. The van der Waals surface area contributed by atoms with Crippen LogP contribution in [0.25, 0.3) is 0 Å². The molecule has 0 aliphatic rings. The number of carbonyl (C=O) groups is 3. The number of hydrogen-bond acceptors (Lipinski definition) is 6. The third-order valence-electron chi connectivity index (χ3n) is 14.8. The first-order valence-corrected chi connectivity index (χ1v) is 33.1. The molecule has 0 spiro atoms. The van der Waals surface area contributed by atoms with E-state index < -0.39 is 6.10 Å². The van der Waals surface area contributed by atoms with Crippen molar-refractivity contribution in [3.8, 4) is 0 Å². The van der Waals surface area contributed by atoms with Crippen molar-refractivity contribution in [1.82, 2.24) is 0 Å². The van der Waals surface area contributed by atoms with Gasteiger partial charge >= 0.3 is 17.9 Å². The summed E-state index contributed by atoms with van der Waals surface area (Å²) in [4.78, 5) is 38.3. The zero-order chi connectivity index (χ0) is 54.3. The Hall–Kier alpha value is -2.63. The number of esters is 3. The van der Waals surface area contributed by atoms with Gasteiger partial charge in [0.25, 0.3) is 0 Å². The molecule has 0 saturated heterocycles. The van der Waals surface area contributed by atoms with Gasteiger partial charge in [0.2, 0.25) is 0 Å². The summed E-state index contributed by atoms with van der Waals surface area (Å²) in [5.74, 6) is -0.857. The molecule has 0 heterocycles. The summed E-state index contributed by atoms with van der Waals surface area (Å²) in [7, 11) is 0. The van der Waals surface area contributed by atoms with Crippen molar-refractivity contribution in [1.29, 1.82) is 0 Å². The smallest absolute Gasteiger partial charge is 0.306 e. The molecule has 0 fully saturated rings. The molecule has 0 aromatic rings. The highest BCUT2D eigenvalue weighted by Crippen LogP contribution is 2.17. The van der Waals surface area contributed by atoms with Gasteiger partial charge in [-0.3, -0.25) is 14.4 Å². The molecule has 0 amide bonds. The normalized spacial score (nSPS) is 12.3. The molecule has 0 aliphatic carbocycles. The summed E-state index contributed by atoms with van der Waals surface area (Å²) in [6.07, 6.45) is 79.8. The summed E-state index contributed by atoms with van der Waals surface area (Å²) in [5, 5.41) is 0. The minimum Gasteiger partial charge on any atom is -0.462 e. The standard InChI is InChI=1S/C69H126O6/c1-4-7-10-13-16-19-22-25-27-29-31-32-33-34-35-36-37-38-39-41-42-44-47-50-53-56-59-62-68(71)74-65-66(64-73-67(70)61-58-55-52-49-46-24-21-18-15-12-9-6-3)75-69(72)63-60-57-54-51-48-45-43-40-30-28-26-23-20-17-14-11-8-5-2/h22,25,28-31,33-34,66H,4-21,23-24,26-27,32,35-65H2,1-3H3/b25-22-,30-28-,31-29-,34-33-. The van der Waals surface area contributed by atoms with E-state index in [0.717, 1.165) is 70.6 Å². The lowest BCUT2D eigenvalue weighted by Crippen LogP contribution is -2.30. The van der Waals surface area contributed by atoms with Crippen molar-refractivity contribution in [2.24, 2.45) is 0 Å². The van der Waals surface area contributed by atoms with E-state index in [1.54, 1.807) is 0 Å². The summed E-state index contributed by atoms with van der Waals surface area (Å²) in [6, 6.07) is 0. The lowest BCUT2D eigenvalue weighted by molar-refractivity contribution is -0.167. The van der Waals surface area contributed by atoms with Gasteiger partial charge in [0, 0.05) is 19.3 Å². The van der Waals surface area contributed by atoms with E-state index in [0.29, 0.717) is 19.3 Å². The molecule has 6 nitrogen and oxygen atoms in total. The Kier molecular flexibility index (Phi) is 61.7. The lowest BCUT2D eigenvalue weighted by Gasteiger charge is -2.18. The van der Waals surface area contributed by atoms with Crippen LogP contribution >= 0.6 is 0 Å². The van der Waals surface area contributed by atoms with Crippen molar-refractivity contribution in [3.63, 3.8) is 0 Å². The highest BCUT2D eigenvalue weighted by Gasteiger charge is 2.19. The number of allylic oxidation sites excluding steroid dienone is 8. The van der Waals surface area contributed by atoms with Crippen LogP contribution in [0.3, 0.4) is 0 Å². The molecule has 1 atom stereocenters. The molecule has 438 valence electrons. The van der Waals surface area contributed by atoms with Crippen molar-refractivity contribution >= 4 is 17.9 Å². The first-order chi connectivity index (χ1) is 37.0. The highest BCUT2D eigenvalue weighted by atomic mass is 16.6. The van der Waals surface area contributed by atoms with Crippen LogP contribution in [0.15, 0.2) is 48.6 Å². The van der Waals surface area contributed by atoms with Gasteiger partial charge in [-0.1, -0.05) is 301 Å². The zero-order valence-corrected chi connectivity index (χ0v) is 50.3. The third kappa shape index (κ3) is 62.1. The van der Waals surface area contributed by atoms with E-state index in [1.165, 1.54) is 244 Å². The Morgan fingerprint density at radius 2 is 0.480 bits per heavy atom. The quantitative estimate of drug-likeness (QED) is 0.0261. The molecule has 0 N–H and O–H groups in total. The van der Waals surface area contributed by atoms with Gasteiger partial charge in [-0.2, -0.15) is 0 Å². The largest absolute Gasteiger partial charge is 0.462 e. The van der Waals surface area contributed by atoms with E-state index in [9.17, 15) is 14.4 Å². The minimum absolute atomic E-state index is 0.0711. The Labute approximate surface area is 467 Å². The summed E-state index contributed by atoms with van der Waals surface area (Å²) < 4.78 is 16.9. The minimum atomic E-state index is -0.774. The number of ether oxygens (including phenoxy) is 3. The van der Waals surface area contributed by atoms with Crippen molar-refractivity contribution in [2.75, 3.05) is 13.2 Å². The second-order valence-electron chi connectivity index (χ2n) is 22.4. The van der Waals surface area contributed by atoms with Crippen LogP contribution in [0.4, 0.5) is 0 Å². The molecule has 0 aliphatic heterocycles. The maximum Gasteiger partial charge on any atom is 0.306 e. The van der Waals surface area contributed by atoms with E-state index in [4.69, 9.17) is 14.2 Å². The Morgan fingerprint density at radius 1 is 0.267 bits per heavy atom. The molecule has 0 saturated carbocycles. The Morgan fingerprint density at radius 3 is 0.760 bits per heavy atom. The number of hydrogen-bond donors (Lipinski definition) is 0. The van der Waals surface area contributed by atoms with Crippen LogP contribution in [-0.4, -0.2) is 37.2 Å². The third-order valence-corrected chi connectivity index (χ3v) is 14.8. The van der Waals surface area contributed by atoms with Gasteiger partial charge in [0.15, 0.2) is 6.10 Å². The summed E-state index contributed by atoms with van der Waals surface area (Å²) in [5.41, 5.74) is 0. The van der Waals surface area contributed by atoms with Crippen molar-refractivity contribution < 1.29 is 28.6 Å². The van der Waals surface area contributed by atoms with Gasteiger partial charge in [-0.15, -0.1) is 0 Å². The summed E-state index contributed by atoms with van der Waals surface area (Å²) in [6.45, 7) is 6.67. The highest BCUT2D eigenvalue weighted by molar-refractivity contribution is 5.71. The van der Waals surface area contributed by atoms with E-state index in [-0.39, 0.29) is 31.1 Å². The molecule has 6 heteroatoms. The lowest BCUT2D eigenvalue weighted by atomic mass is 10.0. The molecule has 0 rings (SSSR count). The predicted molar refractivity (Wildman–Crippen MR) is 325 cm³/mol. The molecule has 75 heavy (non-hydrogen) atoms. The first kappa shape index (κ1) is 72.4. The molecule has 0 bridgehead atoms. The molecule has 1 unspecified atom stereocenters. The van der Waals surface area contributed by atoms with Crippen LogP contribution in [0.1, 0.15) is 355 Å². The zero-order valence-electron chi connectivity index (χ0n) is 50.3.